The molecule has 140 valence electrons. The van der Waals surface area contributed by atoms with Crippen molar-refractivity contribution in [2.45, 2.75) is 45.2 Å². The molecular weight excluding hydrogens is 344 g/mol. The molecule has 0 bridgehead atoms. The van der Waals surface area contributed by atoms with Crippen molar-refractivity contribution in [1.29, 1.82) is 0 Å². The SMILES string of the molecule is CCn1nc(C(=O)O)c2c1CCC(N1CCCN(S(C)(=O)=O)CC1)C2. The van der Waals surface area contributed by atoms with Gasteiger partial charge in [0.2, 0.25) is 10.0 Å². The number of nitrogens with zero attached hydrogens (tertiary/aromatic N) is 4. The van der Waals surface area contributed by atoms with Crippen LogP contribution in [0.25, 0.3) is 0 Å². The van der Waals surface area contributed by atoms with E-state index in [2.05, 4.69) is 10.00 Å². The molecule has 0 spiro atoms. The zero-order valence-corrected chi connectivity index (χ0v) is 15.6. The maximum Gasteiger partial charge on any atom is 0.356 e. The summed E-state index contributed by atoms with van der Waals surface area (Å²) >= 11 is 0. The molecular formula is C16H26N4O4S. The van der Waals surface area contributed by atoms with Gasteiger partial charge >= 0.3 is 5.97 Å². The van der Waals surface area contributed by atoms with E-state index in [4.69, 9.17) is 0 Å². The predicted octanol–water partition coefficient (Wildman–Crippen LogP) is 0.426. The number of aryl methyl sites for hydroxylation is 1. The second kappa shape index (κ2) is 7.05. The summed E-state index contributed by atoms with van der Waals surface area (Å²) in [5.41, 5.74) is 2.08. The van der Waals surface area contributed by atoms with Gasteiger partial charge in [-0.25, -0.2) is 17.5 Å². The van der Waals surface area contributed by atoms with Crippen molar-refractivity contribution >= 4 is 16.0 Å². The molecule has 8 nitrogen and oxygen atoms in total. The van der Waals surface area contributed by atoms with E-state index in [1.54, 1.807) is 4.31 Å². The minimum atomic E-state index is -3.15. The van der Waals surface area contributed by atoms with Crippen LogP contribution in [-0.2, 0) is 29.4 Å². The fourth-order valence-corrected chi connectivity index (χ4v) is 4.90. The second-order valence-electron chi connectivity index (χ2n) is 6.84. The Morgan fingerprint density at radius 2 is 2.04 bits per heavy atom. The van der Waals surface area contributed by atoms with E-state index in [1.807, 2.05) is 11.6 Å². The summed E-state index contributed by atoms with van der Waals surface area (Å²) in [4.78, 5) is 13.9. The van der Waals surface area contributed by atoms with Crippen LogP contribution in [0.5, 0.6) is 0 Å². The number of fused-ring (bicyclic) bond motifs is 1. The first-order chi connectivity index (χ1) is 11.8. The molecule has 1 aromatic heterocycles. The van der Waals surface area contributed by atoms with Crippen LogP contribution in [-0.4, -0.2) is 77.0 Å². The normalized spacial score (nSPS) is 23.2. The Bertz CT molecular complexity index is 758. The number of hydrogen-bond acceptors (Lipinski definition) is 5. The third-order valence-electron chi connectivity index (χ3n) is 5.30. The maximum atomic E-state index is 11.8. The van der Waals surface area contributed by atoms with Crippen molar-refractivity contribution in [2.75, 3.05) is 32.4 Å². The van der Waals surface area contributed by atoms with Crippen LogP contribution >= 0.6 is 0 Å². The molecule has 0 amide bonds. The van der Waals surface area contributed by atoms with E-state index in [-0.39, 0.29) is 11.7 Å². The van der Waals surface area contributed by atoms with E-state index in [0.29, 0.717) is 32.6 Å². The number of aromatic carboxylic acids is 1. The molecule has 1 unspecified atom stereocenters. The molecule has 1 saturated heterocycles. The molecule has 2 aliphatic rings. The molecule has 1 aliphatic carbocycles. The van der Waals surface area contributed by atoms with Gasteiger partial charge in [0.1, 0.15) is 0 Å². The van der Waals surface area contributed by atoms with E-state index in [0.717, 1.165) is 37.1 Å². The van der Waals surface area contributed by atoms with Gasteiger partial charge < -0.3 is 5.11 Å². The minimum absolute atomic E-state index is 0.175. The largest absolute Gasteiger partial charge is 0.476 e. The second-order valence-corrected chi connectivity index (χ2v) is 8.83. The van der Waals surface area contributed by atoms with Gasteiger partial charge in [0.05, 0.1) is 6.26 Å². The highest BCUT2D eigenvalue weighted by molar-refractivity contribution is 7.88. The van der Waals surface area contributed by atoms with E-state index in [9.17, 15) is 18.3 Å². The molecule has 3 rings (SSSR count). The van der Waals surface area contributed by atoms with Gasteiger partial charge in [0.25, 0.3) is 0 Å². The fraction of sp³-hybridized carbons (Fsp3) is 0.750. The molecule has 1 fully saturated rings. The number of carboxylic acid groups (broad SMARTS) is 1. The highest BCUT2D eigenvalue weighted by atomic mass is 32.2. The predicted molar refractivity (Wildman–Crippen MR) is 93.3 cm³/mol. The van der Waals surface area contributed by atoms with Crippen molar-refractivity contribution in [3.63, 3.8) is 0 Å². The van der Waals surface area contributed by atoms with Crippen LogP contribution in [0.2, 0.25) is 0 Å². The Labute approximate surface area is 148 Å². The number of carboxylic acids is 1. The van der Waals surface area contributed by atoms with Crippen LogP contribution < -0.4 is 0 Å². The molecule has 2 heterocycles. The third-order valence-corrected chi connectivity index (χ3v) is 6.60. The zero-order chi connectivity index (χ0) is 18.2. The van der Waals surface area contributed by atoms with Gasteiger partial charge in [-0.05, 0) is 39.2 Å². The van der Waals surface area contributed by atoms with Crippen molar-refractivity contribution in [1.82, 2.24) is 19.0 Å². The lowest BCUT2D eigenvalue weighted by Gasteiger charge is -2.33. The van der Waals surface area contributed by atoms with Crippen molar-refractivity contribution in [2.24, 2.45) is 0 Å². The number of aromatic nitrogens is 2. The topological polar surface area (TPSA) is 95.7 Å². The first-order valence-corrected chi connectivity index (χ1v) is 10.7. The third kappa shape index (κ3) is 3.73. The molecule has 1 aromatic rings. The average molecular weight is 370 g/mol. The Morgan fingerprint density at radius 3 is 2.68 bits per heavy atom. The van der Waals surface area contributed by atoms with Gasteiger partial charge in [0.15, 0.2) is 5.69 Å². The van der Waals surface area contributed by atoms with Crippen molar-refractivity contribution < 1.29 is 18.3 Å². The first kappa shape index (κ1) is 18.3. The monoisotopic (exact) mass is 370 g/mol. The Morgan fingerprint density at radius 1 is 1.28 bits per heavy atom. The number of sulfonamides is 1. The lowest BCUT2D eigenvalue weighted by atomic mass is 9.90. The fourth-order valence-electron chi connectivity index (χ4n) is 4.02. The lowest BCUT2D eigenvalue weighted by molar-refractivity contribution is 0.0687. The molecule has 9 heteroatoms. The lowest BCUT2D eigenvalue weighted by Crippen LogP contribution is -2.42. The average Bonchev–Trinajstić information content (AvgIpc) is 2.74. The van der Waals surface area contributed by atoms with Gasteiger partial charge in [-0.3, -0.25) is 9.58 Å². The molecule has 1 N–H and O–H groups in total. The molecule has 1 atom stereocenters. The number of hydrogen-bond donors (Lipinski definition) is 1. The van der Waals surface area contributed by atoms with E-state index in [1.165, 1.54) is 6.26 Å². The summed E-state index contributed by atoms with van der Waals surface area (Å²) in [5, 5.41) is 13.7. The van der Waals surface area contributed by atoms with Crippen LogP contribution in [0.15, 0.2) is 0 Å². The molecule has 1 aliphatic heterocycles. The van der Waals surface area contributed by atoms with Gasteiger partial charge in [-0.1, -0.05) is 0 Å². The van der Waals surface area contributed by atoms with Crippen LogP contribution in [0, 0.1) is 0 Å². The van der Waals surface area contributed by atoms with Gasteiger partial charge in [-0.2, -0.15) is 5.10 Å². The molecule has 25 heavy (non-hydrogen) atoms. The van der Waals surface area contributed by atoms with E-state index < -0.39 is 16.0 Å². The summed E-state index contributed by atoms with van der Waals surface area (Å²) in [7, 11) is -3.15. The van der Waals surface area contributed by atoms with E-state index >= 15 is 0 Å². The van der Waals surface area contributed by atoms with Crippen molar-refractivity contribution in [3.05, 3.63) is 17.0 Å². The number of carbonyl (C=O) groups is 1. The van der Waals surface area contributed by atoms with Crippen LogP contribution in [0.3, 0.4) is 0 Å². The maximum absolute atomic E-state index is 11.8. The summed E-state index contributed by atoms with van der Waals surface area (Å²) in [6.07, 6.45) is 4.51. The smallest absolute Gasteiger partial charge is 0.356 e. The minimum Gasteiger partial charge on any atom is -0.476 e. The first-order valence-electron chi connectivity index (χ1n) is 8.82. The molecule has 0 saturated carbocycles. The van der Waals surface area contributed by atoms with Crippen LogP contribution in [0.4, 0.5) is 0 Å². The van der Waals surface area contributed by atoms with Gasteiger partial charge in [-0.15, -0.1) is 0 Å². The zero-order valence-electron chi connectivity index (χ0n) is 14.8. The highest BCUT2D eigenvalue weighted by Crippen LogP contribution is 2.28. The summed E-state index contributed by atoms with van der Waals surface area (Å²) in [6, 6.07) is 0.250. The summed E-state index contributed by atoms with van der Waals surface area (Å²) in [6.45, 7) is 5.24. The quantitative estimate of drug-likeness (QED) is 0.826. The Balaban J connectivity index is 1.76. The highest BCUT2D eigenvalue weighted by Gasteiger charge is 2.32. The summed E-state index contributed by atoms with van der Waals surface area (Å²) in [5.74, 6) is -0.969. The van der Waals surface area contributed by atoms with Crippen LogP contribution in [0.1, 0.15) is 41.5 Å². The summed E-state index contributed by atoms with van der Waals surface area (Å²) < 4.78 is 26.9. The van der Waals surface area contributed by atoms with Crippen molar-refractivity contribution in [3.8, 4) is 0 Å². The standard InChI is InChI=1S/C16H26N4O4S/c1-3-20-14-6-5-12(11-13(14)15(17-20)16(21)22)18-7-4-8-19(10-9-18)25(2,23)24/h12H,3-11H2,1-2H3,(H,21,22). The Hall–Kier alpha value is -1.45. The van der Waals surface area contributed by atoms with Gasteiger partial charge in [0, 0.05) is 43.5 Å². The number of rotatable bonds is 4. The molecule has 0 radical (unpaired) electrons. The Kier molecular flexibility index (Phi) is 5.17. The molecule has 0 aromatic carbocycles.